The summed E-state index contributed by atoms with van der Waals surface area (Å²) in [6, 6.07) is 24.4. The number of carbonyl (C=O) groups excluding carboxylic acids is 1. The first-order chi connectivity index (χ1) is 18.6. The van der Waals surface area contributed by atoms with E-state index in [2.05, 4.69) is 0 Å². The van der Waals surface area contributed by atoms with Gasteiger partial charge in [0.1, 0.15) is 5.75 Å². The summed E-state index contributed by atoms with van der Waals surface area (Å²) in [5.74, 6) is 2.04. The number of para-hydroxylation sites is 1. The van der Waals surface area contributed by atoms with Crippen molar-refractivity contribution in [3.63, 3.8) is 0 Å². The zero-order valence-electron chi connectivity index (χ0n) is 20.5. The van der Waals surface area contributed by atoms with Crippen molar-refractivity contribution in [2.45, 2.75) is 13.1 Å². The van der Waals surface area contributed by atoms with Crippen LogP contribution in [0.25, 0.3) is 22.2 Å². The van der Waals surface area contributed by atoms with Gasteiger partial charge in [-0.1, -0.05) is 35.9 Å². The SMILES string of the molecule is COc1ccccc1-c1nc2cc(Cl)ccc2cc1CN(Cc1ccc2c(c1)OCO2)C(=O)c1ccco1. The standard InChI is InChI=1S/C30H23ClN2O5/c1-35-25-6-3-2-5-23(25)29-21(14-20-9-10-22(31)15-24(20)32-29)17-33(30(34)27-7-4-12-36-27)16-19-8-11-26-28(13-19)38-18-37-26/h2-15H,16-18H2,1H3. The molecule has 3 aromatic carbocycles. The Balaban J connectivity index is 1.45. The molecule has 38 heavy (non-hydrogen) atoms. The summed E-state index contributed by atoms with van der Waals surface area (Å²) >= 11 is 6.28. The van der Waals surface area contributed by atoms with E-state index in [-0.39, 0.29) is 25.0 Å². The molecule has 0 unspecified atom stereocenters. The molecule has 1 aliphatic heterocycles. The largest absolute Gasteiger partial charge is 0.496 e. The number of amides is 1. The van der Waals surface area contributed by atoms with Gasteiger partial charge in [-0.2, -0.15) is 0 Å². The van der Waals surface area contributed by atoms with Gasteiger partial charge in [0, 0.05) is 29.1 Å². The average molecular weight is 527 g/mol. The lowest BCUT2D eigenvalue weighted by atomic mass is 10.0. The normalized spacial score (nSPS) is 12.1. The topological polar surface area (TPSA) is 74.0 Å². The predicted molar refractivity (Wildman–Crippen MR) is 144 cm³/mol. The van der Waals surface area contributed by atoms with E-state index in [9.17, 15) is 4.79 Å². The molecular weight excluding hydrogens is 504 g/mol. The number of carbonyl (C=O) groups is 1. The number of hydrogen-bond acceptors (Lipinski definition) is 6. The first-order valence-corrected chi connectivity index (χ1v) is 12.4. The van der Waals surface area contributed by atoms with Crippen LogP contribution in [0.15, 0.2) is 89.5 Å². The van der Waals surface area contributed by atoms with E-state index in [1.807, 2.05) is 66.7 Å². The van der Waals surface area contributed by atoms with E-state index >= 15 is 0 Å². The van der Waals surface area contributed by atoms with Crippen molar-refractivity contribution in [2.24, 2.45) is 0 Å². The number of aromatic nitrogens is 1. The number of halogens is 1. The molecule has 0 bridgehead atoms. The highest BCUT2D eigenvalue weighted by molar-refractivity contribution is 6.31. The Hall–Kier alpha value is -4.49. The molecule has 0 saturated heterocycles. The van der Waals surface area contributed by atoms with Gasteiger partial charge in [0.25, 0.3) is 5.91 Å². The summed E-state index contributed by atoms with van der Waals surface area (Å²) in [6.07, 6.45) is 1.49. The van der Waals surface area contributed by atoms with E-state index in [4.69, 9.17) is 35.2 Å². The summed E-state index contributed by atoms with van der Waals surface area (Å²) in [7, 11) is 1.63. The number of benzene rings is 3. The van der Waals surface area contributed by atoms with Gasteiger partial charge in [0.05, 0.1) is 24.6 Å². The van der Waals surface area contributed by atoms with Crippen molar-refractivity contribution in [3.8, 4) is 28.5 Å². The molecule has 5 aromatic rings. The molecule has 2 aromatic heterocycles. The van der Waals surface area contributed by atoms with Crippen LogP contribution in [0.1, 0.15) is 21.7 Å². The van der Waals surface area contributed by atoms with Gasteiger partial charge in [-0.05, 0) is 65.7 Å². The van der Waals surface area contributed by atoms with Crippen LogP contribution in [0.2, 0.25) is 5.02 Å². The van der Waals surface area contributed by atoms with Gasteiger partial charge < -0.3 is 23.5 Å². The second kappa shape index (κ2) is 10.1. The Labute approximate surface area is 224 Å². The molecule has 8 heteroatoms. The second-order valence-corrected chi connectivity index (χ2v) is 9.30. The molecule has 6 rings (SSSR count). The van der Waals surface area contributed by atoms with Gasteiger partial charge in [0.2, 0.25) is 6.79 Å². The first kappa shape index (κ1) is 23.9. The number of pyridine rings is 1. The minimum absolute atomic E-state index is 0.183. The van der Waals surface area contributed by atoms with Crippen LogP contribution in [0.5, 0.6) is 17.2 Å². The van der Waals surface area contributed by atoms with Gasteiger partial charge in [0.15, 0.2) is 17.3 Å². The number of hydrogen-bond donors (Lipinski definition) is 0. The number of fused-ring (bicyclic) bond motifs is 2. The minimum Gasteiger partial charge on any atom is -0.496 e. The third kappa shape index (κ3) is 4.64. The maximum Gasteiger partial charge on any atom is 0.290 e. The fourth-order valence-electron chi connectivity index (χ4n) is 4.60. The molecule has 0 N–H and O–H groups in total. The molecule has 0 atom stereocenters. The molecule has 190 valence electrons. The van der Waals surface area contributed by atoms with E-state index in [0.717, 1.165) is 27.6 Å². The molecule has 1 amide bonds. The van der Waals surface area contributed by atoms with Crippen LogP contribution in [0.3, 0.4) is 0 Å². The third-order valence-electron chi connectivity index (χ3n) is 6.41. The van der Waals surface area contributed by atoms with Crippen LogP contribution in [0.4, 0.5) is 0 Å². The molecule has 0 aliphatic carbocycles. The fraction of sp³-hybridized carbons (Fsp3) is 0.133. The van der Waals surface area contributed by atoms with E-state index < -0.39 is 0 Å². The average Bonchev–Trinajstić information content (AvgIpc) is 3.64. The molecule has 7 nitrogen and oxygen atoms in total. The highest BCUT2D eigenvalue weighted by Gasteiger charge is 2.23. The van der Waals surface area contributed by atoms with Crippen molar-refractivity contribution in [1.29, 1.82) is 0 Å². The van der Waals surface area contributed by atoms with Crippen molar-refractivity contribution in [3.05, 3.63) is 107 Å². The number of rotatable bonds is 7. The molecule has 1 aliphatic rings. The summed E-state index contributed by atoms with van der Waals surface area (Å²) in [5.41, 5.74) is 4.03. The predicted octanol–water partition coefficient (Wildman–Crippen LogP) is 6.73. The molecule has 0 radical (unpaired) electrons. The third-order valence-corrected chi connectivity index (χ3v) is 6.65. The van der Waals surface area contributed by atoms with Gasteiger partial charge in [-0.15, -0.1) is 0 Å². The monoisotopic (exact) mass is 526 g/mol. The summed E-state index contributed by atoms with van der Waals surface area (Å²) in [4.78, 5) is 20.4. The van der Waals surface area contributed by atoms with E-state index in [1.165, 1.54) is 6.26 Å². The second-order valence-electron chi connectivity index (χ2n) is 8.86. The van der Waals surface area contributed by atoms with Gasteiger partial charge in [-0.25, -0.2) is 4.98 Å². The van der Waals surface area contributed by atoms with Gasteiger partial charge >= 0.3 is 0 Å². The van der Waals surface area contributed by atoms with Crippen LogP contribution in [-0.2, 0) is 13.1 Å². The maximum absolute atomic E-state index is 13.6. The van der Waals surface area contributed by atoms with Crippen LogP contribution in [-0.4, -0.2) is 29.7 Å². The lowest BCUT2D eigenvalue weighted by Crippen LogP contribution is -2.30. The highest BCUT2D eigenvalue weighted by atomic mass is 35.5. The molecular formula is C30H23ClN2O5. The molecule has 0 spiro atoms. The Kier molecular flexibility index (Phi) is 6.35. The van der Waals surface area contributed by atoms with Crippen molar-refractivity contribution >= 4 is 28.4 Å². The van der Waals surface area contributed by atoms with Crippen molar-refractivity contribution < 1.29 is 23.4 Å². The molecule has 0 fully saturated rings. The number of ether oxygens (including phenoxy) is 3. The number of furan rings is 1. The van der Waals surface area contributed by atoms with E-state index in [1.54, 1.807) is 24.1 Å². The zero-order chi connectivity index (χ0) is 26.1. The summed E-state index contributed by atoms with van der Waals surface area (Å²) in [6.45, 7) is 0.774. The maximum atomic E-state index is 13.6. The lowest BCUT2D eigenvalue weighted by Gasteiger charge is -2.24. The lowest BCUT2D eigenvalue weighted by molar-refractivity contribution is 0.0697. The van der Waals surface area contributed by atoms with E-state index in [0.29, 0.717) is 34.5 Å². The van der Waals surface area contributed by atoms with Crippen LogP contribution >= 0.6 is 11.6 Å². The van der Waals surface area contributed by atoms with Crippen LogP contribution in [0, 0.1) is 0 Å². The van der Waals surface area contributed by atoms with Crippen molar-refractivity contribution in [2.75, 3.05) is 13.9 Å². The van der Waals surface area contributed by atoms with Crippen LogP contribution < -0.4 is 14.2 Å². The Morgan fingerprint density at radius 2 is 1.84 bits per heavy atom. The zero-order valence-corrected chi connectivity index (χ0v) is 21.3. The van der Waals surface area contributed by atoms with Crippen molar-refractivity contribution in [1.82, 2.24) is 9.88 Å². The number of methoxy groups -OCH3 is 1. The Morgan fingerprint density at radius 1 is 0.974 bits per heavy atom. The summed E-state index contributed by atoms with van der Waals surface area (Å²) in [5, 5.41) is 1.51. The van der Waals surface area contributed by atoms with Gasteiger partial charge in [-0.3, -0.25) is 4.79 Å². The Morgan fingerprint density at radius 3 is 2.68 bits per heavy atom. The quantitative estimate of drug-likeness (QED) is 0.234. The smallest absolute Gasteiger partial charge is 0.290 e. The highest BCUT2D eigenvalue weighted by Crippen LogP contribution is 2.36. The molecule has 0 saturated carbocycles. The minimum atomic E-state index is -0.241. The molecule has 3 heterocycles. The summed E-state index contributed by atoms with van der Waals surface area (Å²) < 4.78 is 22.1. The number of nitrogens with zero attached hydrogens (tertiary/aromatic N) is 2. The Bertz CT molecular complexity index is 1630. The fourth-order valence-corrected chi connectivity index (χ4v) is 4.77. The first-order valence-electron chi connectivity index (χ1n) is 12.0.